The predicted octanol–water partition coefficient (Wildman–Crippen LogP) is 3.58. The van der Waals surface area contributed by atoms with E-state index in [0.29, 0.717) is 6.04 Å². The van der Waals surface area contributed by atoms with Crippen molar-refractivity contribution < 1.29 is 4.39 Å². The van der Waals surface area contributed by atoms with Gasteiger partial charge in [-0.15, -0.1) is 0 Å². The minimum absolute atomic E-state index is 0.0408. The lowest BCUT2D eigenvalue weighted by Gasteiger charge is -2.43. The van der Waals surface area contributed by atoms with E-state index in [9.17, 15) is 4.39 Å². The first kappa shape index (κ1) is 15.5. The van der Waals surface area contributed by atoms with Crippen molar-refractivity contribution in [3.63, 3.8) is 0 Å². The topological polar surface area (TPSA) is 15.3 Å². The van der Waals surface area contributed by atoms with Gasteiger partial charge in [0.25, 0.3) is 0 Å². The Kier molecular flexibility index (Phi) is 5.17. The second-order valence-corrected chi connectivity index (χ2v) is 6.12. The maximum absolute atomic E-state index is 13.5. The van der Waals surface area contributed by atoms with Gasteiger partial charge in [-0.3, -0.25) is 4.90 Å². The van der Waals surface area contributed by atoms with E-state index in [0.717, 1.165) is 32.2 Å². The lowest BCUT2D eigenvalue weighted by molar-refractivity contribution is 0.118. The number of rotatable bonds is 3. The average Bonchev–Trinajstić information content (AvgIpc) is 2.62. The van der Waals surface area contributed by atoms with Crippen LogP contribution in [0.5, 0.6) is 0 Å². The molecule has 0 radical (unpaired) electrons. The highest BCUT2D eigenvalue weighted by atomic mass is 19.1. The molecule has 0 aromatic rings. The molecule has 3 unspecified atom stereocenters. The van der Waals surface area contributed by atoms with Crippen molar-refractivity contribution in [2.75, 3.05) is 13.6 Å². The number of nitrogens with zero attached hydrogens (tertiary/aromatic N) is 1. The molecule has 1 aliphatic carbocycles. The van der Waals surface area contributed by atoms with Crippen LogP contribution in [0.25, 0.3) is 0 Å². The second kappa shape index (κ2) is 6.68. The highest BCUT2D eigenvalue weighted by Gasteiger charge is 2.36. The molecule has 0 bridgehead atoms. The van der Waals surface area contributed by atoms with Crippen LogP contribution in [0.2, 0.25) is 0 Å². The van der Waals surface area contributed by atoms with Gasteiger partial charge in [0.2, 0.25) is 0 Å². The largest absolute Gasteiger partial charge is 0.314 e. The third kappa shape index (κ3) is 3.39. The van der Waals surface area contributed by atoms with Gasteiger partial charge in [-0.1, -0.05) is 18.2 Å². The predicted molar refractivity (Wildman–Crippen MR) is 83.4 cm³/mol. The first-order valence-corrected chi connectivity index (χ1v) is 7.71. The summed E-state index contributed by atoms with van der Waals surface area (Å²) in [6.07, 6.45) is 14.0. The third-order valence-electron chi connectivity index (χ3n) is 4.74. The van der Waals surface area contributed by atoms with Gasteiger partial charge in [0.15, 0.2) is 0 Å². The van der Waals surface area contributed by atoms with Crippen molar-refractivity contribution in [2.24, 2.45) is 0 Å². The molecule has 1 aliphatic heterocycles. The van der Waals surface area contributed by atoms with Crippen LogP contribution >= 0.6 is 0 Å². The zero-order chi connectivity index (χ0) is 14.6. The van der Waals surface area contributed by atoms with Crippen LogP contribution in [0.15, 0.2) is 36.2 Å². The summed E-state index contributed by atoms with van der Waals surface area (Å²) in [6, 6.07) is 0.721. The Bertz CT molecular complexity index is 413. The van der Waals surface area contributed by atoms with Crippen LogP contribution < -0.4 is 5.32 Å². The minimum Gasteiger partial charge on any atom is -0.314 e. The Balaban J connectivity index is 2.20. The molecule has 2 rings (SSSR count). The van der Waals surface area contributed by atoms with Crippen molar-refractivity contribution >= 4 is 0 Å². The van der Waals surface area contributed by atoms with E-state index < -0.39 is 0 Å². The SMILES string of the molecule is CC=CC1(N(C)C2C=C(F)C=CC2)CCNC(C)CC1. The molecule has 3 heteroatoms. The van der Waals surface area contributed by atoms with E-state index in [4.69, 9.17) is 0 Å². The molecular weight excluding hydrogens is 251 g/mol. The van der Waals surface area contributed by atoms with Crippen LogP contribution in [0.4, 0.5) is 4.39 Å². The van der Waals surface area contributed by atoms with Gasteiger partial charge in [-0.05, 0) is 65.3 Å². The van der Waals surface area contributed by atoms with Crippen molar-refractivity contribution in [3.05, 3.63) is 36.2 Å². The Labute approximate surface area is 122 Å². The zero-order valence-electron chi connectivity index (χ0n) is 12.9. The highest BCUT2D eigenvalue weighted by molar-refractivity contribution is 5.22. The van der Waals surface area contributed by atoms with E-state index in [1.54, 1.807) is 12.2 Å². The fraction of sp³-hybridized carbons (Fsp3) is 0.647. The molecule has 3 atom stereocenters. The van der Waals surface area contributed by atoms with Gasteiger partial charge in [0.05, 0.1) is 0 Å². The van der Waals surface area contributed by atoms with Gasteiger partial charge >= 0.3 is 0 Å². The maximum atomic E-state index is 13.5. The Morgan fingerprint density at radius 2 is 2.25 bits per heavy atom. The lowest BCUT2D eigenvalue weighted by Crippen LogP contribution is -2.50. The first-order valence-electron chi connectivity index (χ1n) is 7.71. The second-order valence-electron chi connectivity index (χ2n) is 6.12. The van der Waals surface area contributed by atoms with E-state index in [2.05, 4.69) is 43.3 Å². The van der Waals surface area contributed by atoms with E-state index in [1.807, 2.05) is 6.08 Å². The Hall–Kier alpha value is -0.930. The van der Waals surface area contributed by atoms with Crippen molar-refractivity contribution in [1.82, 2.24) is 10.2 Å². The number of likely N-dealkylation sites (N-methyl/N-ethyl adjacent to an activating group) is 1. The van der Waals surface area contributed by atoms with Gasteiger partial charge in [-0.2, -0.15) is 0 Å². The molecular formula is C17H27FN2. The number of halogens is 1. The fourth-order valence-electron chi connectivity index (χ4n) is 3.40. The van der Waals surface area contributed by atoms with E-state index in [1.165, 1.54) is 0 Å². The summed E-state index contributed by atoms with van der Waals surface area (Å²) in [6.45, 7) is 5.34. The van der Waals surface area contributed by atoms with E-state index >= 15 is 0 Å². The molecule has 1 heterocycles. The van der Waals surface area contributed by atoms with Crippen LogP contribution in [0, 0.1) is 0 Å². The monoisotopic (exact) mass is 278 g/mol. The molecule has 0 aromatic heterocycles. The summed E-state index contributed by atoms with van der Waals surface area (Å²) in [5.41, 5.74) is 0.0408. The Morgan fingerprint density at radius 3 is 2.95 bits per heavy atom. The molecule has 1 N–H and O–H groups in total. The fourth-order valence-corrected chi connectivity index (χ4v) is 3.40. The summed E-state index contributed by atoms with van der Waals surface area (Å²) in [5, 5.41) is 3.56. The summed E-state index contributed by atoms with van der Waals surface area (Å²) < 4.78 is 13.5. The van der Waals surface area contributed by atoms with Gasteiger partial charge in [-0.25, -0.2) is 4.39 Å². The Morgan fingerprint density at radius 1 is 1.45 bits per heavy atom. The van der Waals surface area contributed by atoms with Crippen molar-refractivity contribution in [1.29, 1.82) is 0 Å². The highest BCUT2D eigenvalue weighted by Crippen LogP contribution is 2.33. The molecule has 0 amide bonds. The molecule has 20 heavy (non-hydrogen) atoms. The number of hydrogen-bond acceptors (Lipinski definition) is 2. The minimum atomic E-state index is -0.108. The van der Waals surface area contributed by atoms with E-state index in [-0.39, 0.29) is 17.4 Å². The molecule has 0 saturated carbocycles. The van der Waals surface area contributed by atoms with Crippen LogP contribution in [-0.2, 0) is 0 Å². The van der Waals surface area contributed by atoms with Crippen LogP contribution in [-0.4, -0.2) is 36.1 Å². The summed E-state index contributed by atoms with van der Waals surface area (Å²) in [4.78, 5) is 2.37. The average molecular weight is 278 g/mol. The number of allylic oxidation sites excluding steroid dienone is 3. The molecule has 0 aromatic carbocycles. The summed E-state index contributed by atoms with van der Waals surface area (Å²) >= 11 is 0. The molecule has 1 fully saturated rings. The lowest BCUT2D eigenvalue weighted by atomic mass is 9.85. The zero-order valence-corrected chi connectivity index (χ0v) is 12.9. The molecule has 1 saturated heterocycles. The molecule has 112 valence electrons. The standard InChI is InChI=1S/C17H27FN2/c1-4-9-17(10-8-14(2)19-12-11-17)20(3)16-7-5-6-15(18)13-16/h4-6,9,13-14,16,19H,7-8,10-12H2,1-3H3. The third-order valence-corrected chi connectivity index (χ3v) is 4.74. The van der Waals surface area contributed by atoms with Crippen molar-refractivity contribution in [3.8, 4) is 0 Å². The van der Waals surface area contributed by atoms with Crippen molar-refractivity contribution in [2.45, 2.75) is 57.2 Å². The quantitative estimate of drug-likeness (QED) is 0.794. The van der Waals surface area contributed by atoms with Gasteiger partial charge in [0.1, 0.15) is 5.83 Å². The summed E-state index contributed by atoms with van der Waals surface area (Å²) in [7, 11) is 2.14. The molecule has 2 nitrogen and oxygen atoms in total. The normalized spacial score (nSPS) is 35.4. The first-order chi connectivity index (χ1) is 9.57. The number of hydrogen-bond donors (Lipinski definition) is 1. The van der Waals surface area contributed by atoms with Crippen LogP contribution in [0.3, 0.4) is 0 Å². The maximum Gasteiger partial charge on any atom is 0.120 e. The van der Waals surface area contributed by atoms with Gasteiger partial charge < -0.3 is 5.32 Å². The molecule has 0 spiro atoms. The summed E-state index contributed by atoms with van der Waals surface area (Å²) in [5.74, 6) is -0.108. The smallest absolute Gasteiger partial charge is 0.120 e. The van der Waals surface area contributed by atoms with Crippen LogP contribution in [0.1, 0.15) is 39.5 Å². The number of nitrogens with one attached hydrogen (secondary N) is 1. The molecule has 2 aliphatic rings. The van der Waals surface area contributed by atoms with Gasteiger partial charge in [0, 0.05) is 17.6 Å².